The van der Waals surface area contributed by atoms with Crippen LogP contribution in [0.3, 0.4) is 0 Å². The van der Waals surface area contributed by atoms with E-state index in [0.717, 1.165) is 50.1 Å². The number of carbonyl (C=O) groups is 1. The highest BCUT2D eigenvalue weighted by Crippen LogP contribution is 2.47. The minimum Gasteiger partial charge on any atom is -0.493 e. The summed E-state index contributed by atoms with van der Waals surface area (Å²) < 4.78 is 60.7. The van der Waals surface area contributed by atoms with E-state index in [1.165, 1.54) is 6.07 Å². The van der Waals surface area contributed by atoms with Crippen molar-refractivity contribution in [1.29, 1.82) is 0 Å². The van der Waals surface area contributed by atoms with Crippen molar-refractivity contribution >= 4 is 5.97 Å². The molecule has 0 aliphatic carbocycles. The van der Waals surface area contributed by atoms with Crippen LogP contribution in [0.15, 0.2) is 48.5 Å². The third-order valence-electron chi connectivity index (χ3n) is 6.49. The number of aromatic nitrogens is 1. The molecule has 0 spiro atoms. The fourth-order valence-electron chi connectivity index (χ4n) is 4.89. The Balaban J connectivity index is 2.11. The minimum absolute atomic E-state index is 0.235. The molecule has 2 heterocycles. The number of hydrogen-bond donors (Lipinski definition) is 0. The van der Waals surface area contributed by atoms with Crippen molar-refractivity contribution in [1.82, 2.24) is 4.98 Å². The topological polar surface area (TPSA) is 57.7 Å². The molecule has 1 aliphatic heterocycles. The zero-order valence-corrected chi connectivity index (χ0v) is 22.9. The molecule has 8 heteroatoms. The number of rotatable bonds is 7. The van der Waals surface area contributed by atoms with E-state index in [4.69, 9.17) is 19.2 Å². The summed E-state index contributed by atoms with van der Waals surface area (Å²) >= 11 is 0. The summed E-state index contributed by atoms with van der Waals surface area (Å²) in [6.07, 6.45) is -3.26. The molecule has 1 aliphatic rings. The van der Waals surface area contributed by atoms with Gasteiger partial charge in [-0.25, -0.2) is 4.79 Å². The maximum Gasteiger partial charge on any atom is 0.416 e. The van der Waals surface area contributed by atoms with Crippen LogP contribution in [0.5, 0.6) is 5.75 Å². The average molecular weight is 542 g/mol. The lowest BCUT2D eigenvalue weighted by Gasteiger charge is -2.30. The monoisotopic (exact) mass is 541 g/mol. The molecule has 1 aromatic heterocycles. The number of nitrogens with zero attached hydrogens (tertiary/aromatic N) is 1. The molecule has 0 amide bonds. The Hall–Kier alpha value is -3.39. The predicted octanol–water partition coefficient (Wildman–Crippen LogP) is 7.74. The summed E-state index contributed by atoms with van der Waals surface area (Å²) in [5, 5.41) is 0. The highest BCUT2D eigenvalue weighted by molar-refractivity contribution is 5.90. The molecule has 0 saturated carbocycles. The summed E-state index contributed by atoms with van der Waals surface area (Å²) in [7, 11) is 1.14. The van der Waals surface area contributed by atoms with E-state index in [1.807, 2.05) is 25.1 Å². The molecule has 4 rings (SSSR count). The van der Waals surface area contributed by atoms with Gasteiger partial charge in [0.05, 0.1) is 30.6 Å². The summed E-state index contributed by atoms with van der Waals surface area (Å²) in [4.78, 5) is 17.9. The van der Waals surface area contributed by atoms with E-state index < -0.39 is 29.4 Å². The van der Waals surface area contributed by atoms with Gasteiger partial charge in [0.25, 0.3) is 0 Å². The number of benzene rings is 2. The number of aryl methyl sites for hydroxylation is 2. The molecular weight excluding hydrogens is 507 g/mol. The van der Waals surface area contributed by atoms with E-state index >= 15 is 0 Å². The van der Waals surface area contributed by atoms with Crippen LogP contribution in [0.1, 0.15) is 69.0 Å². The number of carbonyl (C=O) groups excluding carboxylic acids is 1. The van der Waals surface area contributed by atoms with Gasteiger partial charge >= 0.3 is 12.1 Å². The van der Waals surface area contributed by atoms with Gasteiger partial charge in [-0.05, 0) is 87.1 Å². The van der Waals surface area contributed by atoms with Gasteiger partial charge in [0.15, 0.2) is 6.10 Å². The van der Waals surface area contributed by atoms with Crippen LogP contribution in [0.4, 0.5) is 13.2 Å². The van der Waals surface area contributed by atoms with Crippen LogP contribution in [0, 0.1) is 0 Å². The number of fused-ring (bicyclic) bond motifs is 1. The van der Waals surface area contributed by atoms with Crippen molar-refractivity contribution in [3.05, 3.63) is 70.9 Å². The number of pyridine rings is 1. The second-order valence-electron chi connectivity index (χ2n) is 10.6. The summed E-state index contributed by atoms with van der Waals surface area (Å²) in [6, 6.07) is 13.3. The Morgan fingerprint density at radius 1 is 1.10 bits per heavy atom. The molecule has 208 valence electrons. The van der Waals surface area contributed by atoms with Crippen LogP contribution in [-0.2, 0) is 33.3 Å². The number of alkyl halides is 3. The van der Waals surface area contributed by atoms with Crippen LogP contribution in [0.25, 0.3) is 22.4 Å². The highest BCUT2D eigenvalue weighted by Gasteiger charge is 2.42. The predicted molar refractivity (Wildman–Crippen MR) is 144 cm³/mol. The summed E-state index contributed by atoms with van der Waals surface area (Å²) in [5.41, 5.74) is 1.27. The van der Waals surface area contributed by atoms with E-state index in [1.54, 1.807) is 39.0 Å². The molecule has 1 unspecified atom stereocenters. The van der Waals surface area contributed by atoms with E-state index in [0.29, 0.717) is 29.2 Å². The van der Waals surface area contributed by atoms with Crippen LogP contribution in [-0.4, -0.2) is 30.3 Å². The summed E-state index contributed by atoms with van der Waals surface area (Å²) in [6.45, 7) is 7.68. The fraction of sp³-hybridized carbons (Fsp3) is 0.419. The normalized spacial score (nSPS) is 14.4. The first kappa shape index (κ1) is 28.6. The third-order valence-corrected chi connectivity index (χ3v) is 6.49. The van der Waals surface area contributed by atoms with Crippen molar-refractivity contribution in [3.63, 3.8) is 0 Å². The van der Waals surface area contributed by atoms with Gasteiger partial charge in [-0.2, -0.15) is 13.2 Å². The first-order valence-corrected chi connectivity index (χ1v) is 13.1. The SMILES string of the molecule is CCCc1cccc(-c2ccc(C(F)(F)F)c(C(OC(C)(C)C)C(=O)OC)c2-c2ccc3c(c2)CCCO3)n1. The van der Waals surface area contributed by atoms with E-state index in [-0.39, 0.29) is 11.1 Å². The number of esters is 1. The Morgan fingerprint density at radius 2 is 1.87 bits per heavy atom. The number of methoxy groups -OCH3 is 1. The van der Waals surface area contributed by atoms with Gasteiger partial charge < -0.3 is 14.2 Å². The fourth-order valence-corrected chi connectivity index (χ4v) is 4.89. The van der Waals surface area contributed by atoms with Crippen LogP contribution in [0.2, 0.25) is 0 Å². The Bertz CT molecular complexity index is 1340. The Kier molecular flexibility index (Phi) is 8.35. The van der Waals surface area contributed by atoms with Crippen molar-refractivity contribution in [2.45, 2.75) is 71.3 Å². The maximum atomic E-state index is 14.6. The molecule has 0 radical (unpaired) electrons. The lowest BCUT2D eigenvalue weighted by Crippen LogP contribution is -2.30. The second-order valence-corrected chi connectivity index (χ2v) is 10.6. The molecule has 3 aromatic rings. The minimum atomic E-state index is -4.76. The molecule has 0 saturated heterocycles. The van der Waals surface area contributed by atoms with Crippen molar-refractivity contribution in [3.8, 4) is 28.1 Å². The zero-order chi connectivity index (χ0) is 28.4. The second kappa shape index (κ2) is 11.4. The van der Waals surface area contributed by atoms with Crippen molar-refractivity contribution < 1.29 is 32.2 Å². The molecule has 39 heavy (non-hydrogen) atoms. The molecule has 5 nitrogen and oxygen atoms in total. The van der Waals surface area contributed by atoms with Gasteiger partial charge in [0.1, 0.15) is 5.75 Å². The first-order chi connectivity index (χ1) is 18.4. The van der Waals surface area contributed by atoms with Gasteiger partial charge in [0, 0.05) is 16.8 Å². The molecule has 0 bridgehead atoms. The van der Waals surface area contributed by atoms with Gasteiger partial charge in [-0.15, -0.1) is 0 Å². The number of halogens is 3. The molecular formula is C31H34F3NO4. The summed E-state index contributed by atoms with van der Waals surface area (Å²) in [5.74, 6) is -0.207. The van der Waals surface area contributed by atoms with Crippen LogP contribution < -0.4 is 4.74 Å². The van der Waals surface area contributed by atoms with Gasteiger partial charge in [0.2, 0.25) is 0 Å². The lowest BCUT2D eigenvalue weighted by molar-refractivity contribution is -0.166. The maximum absolute atomic E-state index is 14.6. The smallest absolute Gasteiger partial charge is 0.416 e. The largest absolute Gasteiger partial charge is 0.493 e. The molecule has 0 fully saturated rings. The number of ether oxygens (including phenoxy) is 3. The first-order valence-electron chi connectivity index (χ1n) is 13.1. The van der Waals surface area contributed by atoms with E-state index in [9.17, 15) is 18.0 Å². The lowest BCUT2D eigenvalue weighted by atomic mass is 9.85. The van der Waals surface area contributed by atoms with Crippen LogP contribution >= 0.6 is 0 Å². The Labute approximate surface area is 227 Å². The van der Waals surface area contributed by atoms with Crippen molar-refractivity contribution in [2.75, 3.05) is 13.7 Å². The molecule has 1 atom stereocenters. The van der Waals surface area contributed by atoms with Gasteiger partial charge in [-0.1, -0.05) is 31.5 Å². The van der Waals surface area contributed by atoms with Crippen molar-refractivity contribution in [2.24, 2.45) is 0 Å². The molecule has 2 aromatic carbocycles. The standard InChI is InChI=1S/C31H34F3NO4/c1-6-9-21-11-7-12-24(35-21)22-14-15-23(31(32,33)34)27(28(29(36)37-5)39-30(2,3)4)26(22)20-13-16-25-19(18-20)10-8-17-38-25/h7,11-16,18,28H,6,8-10,17H2,1-5H3. The van der Waals surface area contributed by atoms with E-state index in [2.05, 4.69) is 0 Å². The number of hydrogen-bond acceptors (Lipinski definition) is 5. The highest BCUT2D eigenvalue weighted by atomic mass is 19.4. The van der Waals surface area contributed by atoms with Gasteiger partial charge in [-0.3, -0.25) is 4.98 Å². The third kappa shape index (κ3) is 6.44. The quantitative estimate of drug-likeness (QED) is 0.286. The molecule has 0 N–H and O–H groups in total. The zero-order valence-electron chi connectivity index (χ0n) is 22.9. The average Bonchev–Trinajstić information content (AvgIpc) is 2.89. The Morgan fingerprint density at radius 3 is 2.54 bits per heavy atom.